The quantitative estimate of drug-likeness (QED) is 0.222. The van der Waals surface area contributed by atoms with Crippen LogP contribution in [0.2, 0.25) is 0 Å². The number of amides is 1. The first kappa shape index (κ1) is 23.0. The molecule has 5 nitrogen and oxygen atoms in total. The van der Waals surface area contributed by atoms with E-state index < -0.39 is 23.5 Å². The first-order valence-electron chi connectivity index (χ1n) is 9.54. The van der Waals surface area contributed by atoms with Crippen LogP contribution in [0.4, 0.5) is 23.2 Å². The zero-order valence-electron chi connectivity index (χ0n) is 16.7. The van der Waals surface area contributed by atoms with Gasteiger partial charge in [0.2, 0.25) is 5.91 Å². The zero-order chi connectivity index (χ0) is 23.6. The van der Waals surface area contributed by atoms with E-state index in [1.54, 1.807) is 29.6 Å². The number of fused-ring (bicyclic) bond motifs is 1. The second kappa shape index (κ2) is 9.36. The molecule has 2 aromatic heterocycles. The molecule has 170 valence electrons. The van der Waals surface area contributed by atoms with E-state index in [0.717, 1.165) is 36.0 Å². The number of halogens is 4. The lowest BCUT2D eigenvalue weighted by Gasteiger charge is -2.13. The Morgan fingerprint density at radius 2 is 1.82 bits per heavy atom. The lowest BCUT2D eigenvalue weighted by Crippen LogP contribution is -2.24. The average Bonchev–Trinajstić information content (AvgIpc) is 3.24. The van der Waals surface area contributed by atoms with E-state index in [1.807, 2.05) is 0 Å². The van der Waals surface area contributed by atoms with Crippen LogP contribution in [0, 0.1) is 5.82 Å². The van der Waals surface area contributed by atoms with Crippen LogP contribution in [-0.4, -0.2) is 21.2 Å². The Balaban J connectivity index is 1.53. The minimum absolute atomic E-state index is 0.0603. The van der Waals surface area contributed by atoms with Gasteiger partial charge in [-0.05, 0) is 41.8 Å². The predicted molar refractivity (Wildman–Crippen MR) is 120 cm³/mol. The molecular weight excluding hydrogens is 478 g/mol. The molecule has 0 unspecified atom stereocenters. The summed E-state index contributed by atoms with van der Waals surface area (Å²) >= 11 is 2.20. The number of rotatable bonds is 6. The first-order chi connectivity index (χ1) is 15.7. The van der Waals surface area contributed by atoms with Gasteiger partial charge in [-0.2, -0.15) is 13.2 Å². The Labute approximate surface area is 193 Å². The third-order valence-corrected chi connectivity index (χ3v) is 6.51. The van der Waals surface area contributed by atoms with Gasteiger partial charge in [0.05, 0.1) is 23.4 Å². The van der Waals surface area contributed by atoms with Crippen molar-refractivity contribution in [1.82, 2.24) is 9.55 Å². The number of thiophene rings is 1. The van der Waals surface area contributed by atoms with E-state index in [-0.39, 0.29) is 28.7 Å². The van der Waals surface area contributed by atoms with Crippen molar-refractivity contribution in [2.24, 2.45) is 0 Å². The van der Waals surface area contributed by atoms with Crippen LogP contribution in [-0.2, 0) is 17.5 Å². The average molecular weight is 494 g/mol. The SMILES string of the molecule is O=C(CSc1nc2ccsc2c(=O)n1Cc1ccccc1F)Nc1ccc(C(F)(F)F)cc1. The standard InChI is InChI=1S/C22H15F4N3O2S2/c23-16-4-2-1-3-13(16)11-29-20(31)19-17(9-10-32-19)28-21(29)33-12-18(30)27-15-7-5-14(6-8-15)22(24,25)26/h1-10H,11-12H2,(H,27,30). The summed E-state index contributed by atoms with van der Waals surface area (Å²) in [5.74, 6) is -1.11. The van der Waals surface area contributed by atoms with Crippen LogP contribution < -0.4 is 10.9 Å². The summed E-state index contributed by atoms with van der Waals surface area (Å²) in [5.41, 5.74) is -0.184. The summed E-state index contributed by atoms with van der Waals surface area (Å²) in [5, 5.41) is 4.47. The third kappa shape index (κ3) is 5.25. The normalized spacial score (nSPS) is 11.6. The molecule has 0 bridgehead atoms. The number of aromatic nitrogens is 2. The summed E-state index contributed by atoms with van der Waals surface area (Å²) in [7, 11) is 0. The molecule has 0 saturated carbocycles. The fourth-order valence-corrected chi connectivity index (χ4v) is 4.62. The lowest BCUT2D eigenvalue weighted by atomic mass is 10.2. The van der Waals surface area contributed by atoms with E-state index >= 15 is 0 Å². The van der Waals surface area contributed by atoms with Crippen molar-refractivity contribution in [3.8, 4) is 0 Å². The van der Waals surface area contributed by atoms with E-state index in [1.165, 1.54) is 22.0 Å². The number of carbonyl (C=O) groups is 1. The highest BCUT2D eigenvalue weighted by molar-refractivity contribution is 7.99. The van der Waals surface area contributed by atoms with Crippen molar-refractivity contribution in [2.75, 3.05) is 11.1 Å². The molecule has 1 N–H and O–H groups in total. The maximum Gasteiger partial charge on any atom is 0.416 e. The second-order valence-electron chi connectivity index (χ2n) is 6.92. The van der Waals surface area contributed by atoms with Crippen molar-refractivity contribution in [1.29, 1.82) is 0 Å². The molecule has 2 heterocycles. The molecule has 0 aliphatic heterocycles. The fraction of sp³-hybridized carbons (Fsp3) is 0.136. The largest absolute Gasteiger partial charge is 0.416 e. The van der Waals surface area contributed by atoms with Gasteiger partial charge in [0, 0.05) is 11.3 Å². The topological polar surface area (TPSA) is 64.0 Å². The molecule has 0 aliphatic carbocycles. The Morgan fingerprint density at radius 3 is 2.52 bits per heavy atom. The van der Waals surface area contributed by atoms with Crippen molar-refractivity contribution in [3.05, 3.63) is 87.3 Å². The number of anilines is 1. The molecule has 4 rings (SSSR count). The number of nitrogens with zero attached hydrogens (tertiary/aromatic N) is 2. The Morgan fingerprint density at radius 1 is 1.09 bits per heavy atom. The molecule has 0 saturated heterocycles. The van der Waals surface area contributed by atoms with E-state index in [0.29, 0.717) is 15.8 Å². The molecule has 11 heteroatoms. The van der Waals surface area contributed by atoms with Crippen molar-refractivity contribution < 1.29 is 22.4 Å². The predicted octanol–water partition coefficient (Wildman–Crippen LogP) is 5.40. The van der Waals surface area contributed by atoms with Crippen LogP contribution in [0.1, 0.15) is 11.1 Å². The van der Waals surface area contributed by atoms with Crippen LogP contribution in [0.15, 0.2) is 69.9 Å². The minimum Gasteiger partial charge on any atom is -0.325 e. The van der Waals surface area contributed by atoms with Crippen LogP contribution in [0.3, 0.4) is 0 Å². The number of alkyl halides is 3. The minimum atomic E-state index is -4.47. The second-order valence-corrected chi connectivity index (χ2v) is 8.78. The Kier molecular flexibility index (Phi) is 6.52. The highest BCUT2D eigenvalue weighted by atomic mass is 32.2. The van der Waals surface area contributed by atoms with Crippen molar-refractivity contribution in [2.45, 2.75) is 17.9 Å². The number of carbonyl (C=O) groups excluding carboxylic acids is 1. The van der Waals surface area contributed by atoms with Crippen LogP contribution in [0.5, 0.6) is 0 Å². The molecule has 1 amide bonds. The molecule has 0 spiro atoms. The van der Waals surface area contributed by atoms with Gasteiger partial charge in [0.25, 0.3) is 5.56 Å². The van der Waals surface area contributed by atoms with Gasteiger partial charge in [-0.1, -0.05) is 30.0 Å². The number of thioether (sulfide) groups is 1. The summed E-state index contributed by atoms with van der Waals surface area (Å²) < 4.78 is 54.0. The van der Waals surface area contributed by atoms with Gasteiger partial charge in [0.1, 0.15) is 10.5 Å². The van der Waals surface area contributed by atoms with Crippen molar-refractivity contribution in [3.63, 3.8) is 0 Å². The summed E-state index contributed by atoms with van der Waals surface area (Å²) in [6.45, 7) is -0.0603. The summed E-state index contributed by atoms with van der Waals surface area (Å²) in [6, 6.07) is 11.8. The molecule has 4 aromatic rings. The Hall–Kier alpha value is -3.18. The van der Waals surface area contributed by atoms with E-state index in [2.05, 4.69) is 10.3 Å². The van der Waals surface area contributed by atoms with Crippen LogP contribution in [0.25, 0.3) is 10.2 Å². The monoisotopic (exact) mass is 493 g/mol. The van der Waals surface area contributed by atoms with Gasteiger partial charge in [-0.25, -0.2) is 9.37 Å². The number of nitrogens with one attached hydrogen (secondary N) is 1. The molecule has 2 aromatic carbocycles. The smallest absolute Gasteiger partial charge is 0.325 e. The van der Waals surface area contributed by atoms with Gasteiger partial charge in [-0.15, -0.1) is 11.3 Å². The Bertz CT molecular complexity index is 1360. The summed E-state index contributed by atoms with van der Waals surface area (Å²) in [4.78, 5) is 29.8. The molecule has 33 heavy (non-hydrogen) atoms. The van der Waals surface area contributed by atoms with Gasteiger partial charge in [0.15, 0.2) is 5.16 Å². The van der Waals surface area contributed by atoms with Crippen molar-refractivity contribution >= 4 is 44.9 Å². The molecule has 0 fully saturated rings. The third-order valence-electron chi connectivity index (χ3n) is 4.65. The maximum atomic E-state index is 14.2. The lowest BCUT2D eigenvalue weighted by molar-refractivity contribution is -0.137. The summed E-state index contributed by atoms with van der Waals surface area (Å²) in [6.07, 6.45) is -4.47. The van der Waals surface area contributed by atoms with E-state index in [9.17, 15) is 27.2 Å². The number of benzene rings is 2. The van der Waals surface area contributed by atoms with E-state index in [4.69, 9.17) is 0 Å². The highest BCUT2D eigenvalue weighted by Crippen LogP contribution is 2.30. The zero-order valence-corrected chi connectivity index (χ0v) is 18.4. The van der Waals surface area contributed by atoms with Gasteiger partial charge >= 0.3 is 6.18 Å². The fourth-order valence-electron chi connectivity index (χ4n) is 3.04. The molecule has 0 aliphatic rings. The molecule has 0 radical (unpaired) electrons. The molecule has 0 atom stereocenters. The number of hydrogen-bond donors (Lipinski definition) is 1. The maximum absolute atomic E-state index is 14.2. The van der Waals surface area contributed by atoms with Gasteiger partial charge < -0.3 is 5.32 Å². The molecular formula is C22H15F4N3O2S2. The van der Waals surface area contributed by atoms with Crippen LogP contribution >= 0.6 is 23.1 Å². The first-order valence-corrected chi connectivity index (χ1v) is 11.4. The van der Waals surface area contributed by atoms with Gasteiger partial charge in [-0.3, -0.25) is 14.2 Å². The number of hydrogen-bond acceptors (Lipinski definition) is 5. The highest BCUT2D eigenvalue weighted by Gasteiger charge is 2.30.